The van der Waals surface area contributed by atoms with Crippen LogP contribution in [0.15, 0.2) is 53.0 Å². The van der Waals surface area contributed by atoms with E-state index in [0.717, 1.165) is 21.0 Å². The molecule has 0 aliphatic heterocycles. The number of aromatic nitrogens is 1. The molecule has 1 aromatic heterocycles. The van der Waals surface area contributed by atoms with Gasteiger partial charge in [-0.2, -0.15) is 0 Å². The number of carboxylic acid groups (broad SMARTS) is 1. The van der Waals surface area contributed by atoms with Gasteiger partial charge in [-0.3, -0.25) is 0 Å². The zero-order chi connectivity index (χ0) is 15.0. The molecule has 3 nitrogen and oxygen atoms in total. The number of aromatic carboxylic acids is 1. The Morgan fingerprint density at radius 3 is 2.52 bits per heavy atom. The van der Waals surface area contributed by atoms with Gasteiger partial charge in [-0.05, 0) is 36.2 Å². The molecule has 0 radical (unpaired) electrons. The maximum absolute atomic E-state index is 11.5. The maximum atomic E-state index is 11.5. The van der Waals surface area contributed by atoms with Crippen LogP contribution in [-0.4, -0.2) is 16.1 Å². The molecule has 4 heteroatoms. The van der Waals surface area contributed by atoms with E-state index in [2.05, 4.69) is 20.9 Å². The minimum absolute atomic E-state index is 0.0752. The topological polar surface area (TPSA) is 50.2 Å². The van der Waals surface area contributed by atoms with Crippen LogP contribution in [0.25, 0.3) is 22.0 Å². The molecule has 0 fully saturated rings. The fourth-order valence-electron chi connectivity index (χ4n) is 2.36. The van der Waals surface area contributed by atoms with E-state index in [1.807, 2.05) is 55.5 Å². The number of benzene rings is 2. The highest BCUT2D eigenvalue weighted by Crippen LogP contribution is 2.31. The summed E-state index contributed by atoms with van der Waals surface area (Å²) in [5.74, 6) is -1.02. The van der Waals surface area contributed by atoms with Crippen LogP contribution < -0.4 is 0 Å². The van der Waals surface area contributed by atoms with Crippen LogP contribution in [0.3, 0.4) is 0 Å². The van der Waals surface area contributed by atoms with E-state index < -0.39 is 5.97 Å². The van der Waals surface area contributed by atoms with Crippen molar-refractivity contribution < 1.29 is 9.90 Å². The first-order chi connectivity index (χ1) is 10.1. The predicted octanol–water partition coefficient (Wildman–Crippen LogP) is 4.67. The number of fused-ring (bicyclic) bond motifs is 1. The number of pyridine rings is 1. The molecule has 0 spiro atoms. The van der Waals surface area contributed by atoms with E-state index in [4.69, 9.17) is 0 Å². The maximum Gasteiger partial charge on any atom is 0.355 e. The van der Waals surface area contributed by atoms with E-state index in [-0.39, 0.29) is 5.69 Å². The number of hydrogen-bond acceptors (Lipinski definition) is 2. The van der Waals surface area contributed by atoms with Gasteiger partial charge in [0, 0.05) is 15.4 Å². The van der Waals surface area contributed by atoms with Gasteiger partial charge in [0.25, 0.3) is 0 Å². The fraction of sp³-hybridized carbons (Fsp3) is 0.0588. The molecule has 0 saturated carbocycles. The third-order valence-electron chi connectivity index (χ3n) is 3.32. The van der Waals surface area contributed by atoms with Gasteiger partial charge in [0.05, 0.1) is 5.52 Å². The Balaban J connectivity index is 2.38. The van der Waals surface area contributed by atoms with Crippen molar-refractivity contribution in [3.8, 4) is 11.1 Å². The van der Waals surface area contributed by atoms with Crippen LogP contribution in [0.2, 0.25) is 0 Å². The summed E-state index contributed by atoms with van der Waals surface area (Å²) in [5, 5.41) is 10.4. The van der Waals surface area contributed by atoms with Crippen molar-refractivity contribution in [3.05, 3.63) is 64.3 Å². The van der Waals surface area contributed by atoms with Crippen LogP contribution in [-0.2, 0) is 0 Å². The Kier molecular flexibility index (Phi) is 3.47. The van der Waals surface area contributed by atoms with Gasteiger partial charge < -0.3 is 5.11 Å². The number of hydrogen-bond donors (Lipinski definition) is 1. The average molecular weight is 342 g/mol. The molecule has 3 rings (SSSR count). The van der Waals surface area contributed by atoms with Gasteiger partial charge in [-0.1, -0.05) is 46.3 Å². The molecule has 1 N–H and O–H groups in total. The molecule has 0 unspecified atom stereocenters. The minimum atomic E-state index is -1.02. The molecular weight excluding hydrogens is 330 g/mol. The molecular formula is C17H12BrNO2. The van der Waals surface area contributed by atoms with Crippen molar-refractivity contribution >= 4 is 32.8 Å². The van der Waals surface area contributed by atoms with Crippen molar-refractivity contribution in [1.82, 2.24) is 4.98 Å². The quantitative estimate of drug-likeness (QED) is 0.736. The van der Waals surface area contributed by atoms with E-state index in [0.29, 0.717) is 11.1 Å². The number of halogens is 1. The molecule has 1 heterocycles. The third kappa shape index (κ3) is 2.54. The fourth-order valence-corrected chi connectivity index (χ4v) is 3.04. The van der Waals surface area contributed by atoms with Gasteiger partial charge in [0.15, 0.2) is 5.69 Å². The molecule has 0 aliphatic carbocycles. The smallest absolute Gasteiger partial charge is 0.355 e. The zero-order valence-electron chi connectivity index (χ0n) is 11.3. The second kappa shape index (κ2) is 5.30. The first-order valence-corrected chi connectivity index (χ1v) is 7.25. The number of carbonyl (C=O) groups is 1. The highest BCUT2D eigenvalue weighted by Gasteiger charge is 2.16. The molecule has 0 aliphatic rings. The average Bonchev–Trinajstić information content (AvgIpc) is 2.46. The van der Waals surface area contributed by atoms with Crippen LogP contribution in [0, 0.1) is 6.92 Å². The van der Waals surface area contributed by atoms with Gasteiger partial charge in [-0.15, -0.1) is 0 Å². The van der Waals surface area contributed by atoms with Gasteiger partial charge in [0.2, 0.25) is 0 Å². The molecule has 3 aromatic rings. The minimum Gasteiger partial charge on any atom is -0.476 e. The molecule has 0 amide bonds. The Morgan fingerprint density at radius 2 is 1.86 bits per heavy atom. The summed E-state index contributed by atoms with van der Waals surface area (Å²) in [6.45, 7) is 1.96. The Bertz CT molecular complexity index is 844. The molecule has 104 valence electrons. The summed E-state index contributed by atoms with van der Waals surface area (Å²) in [4.78, 5) is 15.9. The second-order valence-electron chi connectivity index (χ2n) is 4.87. The summed E-state index contributed by atoms with van der Waals surface area (Å²) < 4.78 is 0.916. The third-order valence-corrected chi connectivity index (χ3v) is 3.97. The normalized spacial score (nSPS) is 10.8. The Labute approximate surface area is 130 Å². The number of nitrogens with zero attached hydrogens (tertiary/aromatic N) is 1. The lowest BCUT2D eigenvalue weighted by Gasteiger charge is -2.10. The van der Waals surface area contributed by atoms with Crippen LogP contribution in [0.4, 0.5) is 0 Å². The van der Waals surface area contributed by atoms with E-state index in [1.54, 1.807) is 0 Å². The summed E-state index contributed by atoms with van der Waals surface area (Å²) in [6, 6.07) is 15.2. The summed E-state index contributed by atoms with van der Waals surface area (Å²) in [7, 11) is 0. The Morgan fingerprint density at radius 1 is 1.14 bits per heavy atom. The molecule has 21 heavy (non-hydrogen) atoms. The van der Waals surface area contributed by atoms with Crippen LogP contribution in [0.1, 0.15) is 16.1 Å². The Hall–Kier alpha value is -2.20. The largest absolute Gasteiger partial charge is 0.476 e. The predicted molar refractivity (Wildman–Crippen MR) is 86.6 cm³/mol. The molecule has 0 atom stereocenters. The molecule has 0 bridgehead atoms. The monoisotopic (exact) mass is 341 g/mol. The summed E-state index contributed by atoms with van der Waals surface area (Å²) in [5.41, 5.74) is 3.26. The van der Waals surface area contributed by atoms with E-state index in [1.165, 1.54) is 0 Å². The second-order valence-corrected chi connectivity index (χ2v) is 5.72. The first kappa shape index (κ1) is 13.8. The van der Waals surface area contributed by atoms with Crippen LogP contribution in [0.5, 0.6) is 0 Å². The molecule has 0 saturated heterocycles. The summed E-state index contributed by atoms with van der Waals surface area (Å²) >= 11 is 3.53. The van der Waals surface area contributed by atoms with Gasteiger partial charge >= 0.3 is 5.97 Å². The highest BCUT2D eigenvalue weighted by molar-refractivity contribution is 9.10. The van der Waals surface area contributed by atoms with Gasteiger partial charge in [0.1, 0.15) is 0 Å². The summed E-state index contributed by atoms with van der Waals surface area (Å²) in [6.07, 6.45) is 0. The lowest BCUT2D eigenvalue weighted by Crippen LogP contribution is -2.04. The SMILES string of the molecule is Cc1cc(Br)c2cc(-c3ccccc3)c(C(=O)O)nc2c1. The lowest BCUT2D eigenvalue weighted by atomic mass is 10.0. The number of aryl methyl sites for hydroxylation is 1. The number of rotatable bonds is 2. The lowest BCUT2D eigenvalue weighted by molar-refractivity contribution is 0.0692. The highest BCUT2D eigenvalue weighted by atomic mass is 79.9. The van der Waals surface area contributed by atoms with E-state index in [9.17, 15) is 9.90 Å². The standard InChI is InChI=1S/C17H12BrNO2/c1-10-7-14(18)13-9-12(11-5-3-2-4-6-11)16(17(20)21)19-15(13)8-10/h2-9H,1H3,(H,20,21). The number of carboxylic acids is 1. The van der Waals surface area contributed by atoms with Crippen molar-refractivity contribution in [2.75, 3.05) is 0 Å². The van der Waals surface area contributed by atoms with Crippen molar-refractivity contribution in [2.24, 2.45) is 0 Å². The van der Waals surface area contributed by atoms with E-state index >= 15 is 0 Å². The van der Waals surface area contributed by atoms with Crippen molar-refractivity contribution in [3.63, 3.8) is 0 Å². The van der Waals surface area contributed by atoms with Crippen molar-refractivity contribution in [1.29, 1.82) is 0 Å². The first-order valence-electron chi connectivity index (χ1n) is 6.46. The zero-order valence-corrected chi connectivity index (χ0v) is 12.9. The van der Waals surface area contributed by atoms with Gasteiger partial charge in [-0.25, -0.2) is 9.78 Å². The molecule has 2 aromatic carbocycles. The van der Waals surface area contributed by atoms with Crippen molar-refractivity contribution in [2.45, 2.75) is 6.92 Å². The van der Waals surface area contributed by atoms with Crippen LogP contribution >= 0.6 is 15.9 Å².